The minimum Gasteiger partial charge on any atom is -0.383 e. The first-order valence-electron chi connectivity index (χ1n) is 3.22. The van der Waals surface area contributed by atoms with E-state index in [4.69, 9.17) is 5.11 Å². The van der Waals surface area contributed by atoms with E-state index in [2.05, 4.69) is 0 Å². The Labute approximate surface area is 54.3 Å². The predicted octanol–water partition coefficient (Wildman–Crippen LogP) is -0.401. The average molecular weight is 129 g/mol. The molecule has 0 aliphatic carbocycles. The second-order valence-electron chi connectivity index (χ2n) is 2.22. The first-order valence-corrected chi connectivity index (χ1v) is 3.22. The summed E-state index contributed by atoms with van der Waals surface area (Å²) in [5.41, 5.74) is 0. The summed E-state index contributed by atoms with van der Waals surface area (Å²) in [6.45, 7) is 3.35. The summed E-state index contributed by atoms with van der Waals surface area (Å²) in [4.78, 5) is 12.5. The summed E-state index contributed by atoms with van der Waals surface area (Å²) in [6.07, 6.45) is -0.114. The van der Waals surface area contributed by atoms with Crippen molar-refractivity contribution in [1.82, 2.24) is 4.90 Å². The van der Waals surface area contributed by atoms with Crippen molar-refractivity contribution in [3.63, 3.8) is 0 Å². The molecule has 1 atom stereocenters. The fourth-order valence-electron chi connectivity index (χ4n) is 1.04. The van der Waals surface area contributed by atoms with Crippen LogP contribution in [-0.4, -0.2) is 35.1 Å². The average Bonchev–Trinajstić information content (AvgIpc) is 2.15. The Bertz CT molecular complexity index is 124. The van der Waals surface area contributed by atoms with Crippen molar-refractivity contribution in [3.05, 3.63) is 0 Å². The van der Waals surface area contributed by atoms with Crippen LogP contribution in [0.3, 0.4) is 0 Å². The molecule has 0 unspecified atom stereocenters. The molecule has 0 aromatic rings. The van der Waals surface area contributed by atoms with Gasteiger partial charge in [0.05, 0.1) is 0 Å². The highest BCUT2D eigenvalue weighted by Crippen LogP contribution is 2.08. The maximum atomic E-state index is 10.8. The number of likely N-dealkylation sites (tertiary alicyclic amines) is 1. The van der Waals surface area contributed by atoms with Crippen LogP contribution in [-0.2, 0) is 4.79 Å². The zero-order valence-electron chi connectivity index (χ0n) is 5.50. The SMILES string of the molecule is CCN1CC[C@@H](O)C1=O. The van der Waals surface area contributed by atoms with Crippen molar-refractivity contribution in [2.24, 2.45) is 0 Å². The molecule has 0 spiro atoms. The Kier molecular flexibility index (Phi) is 1.71. The van der Waals surface area contributed by atoms with Crippen molar-refractivity contribution in [3.8, 4) is 0 Å². The van der Waals surface area contributed by atoms with Gasteiger partial charge in [-0.25, -0.2) is 0 Å². The van der Waals surface area contributed by atoms with Gasteiger partial charge < -0.3 is 10.0 Å². The van der Waals surface area contributed by atoms with Gasteiger partial charge in [-0.2, -0.15) is 0 Å². The molecular formula is C6H11NO2. The molecule has 0 aromatic carbocycles. The highest BCUT2D eigenvalue weighted by Gasteiger charge is 2.27. The fourth-order valence-corrected chi connectivity index (χ4v) is 1.04. The van der Waals surface area contributed by atoms with E-state index in [1.54, 1.807) is 4.90 Å². The third-order valence-corrected chi connectivity index (χ3v) is 1.65. The summed E-state index contributed by atoms with van der Waals surface area (Å²) in [5.74, 6) is -0.113. The van der Waals surface area contributed by atoms with Crippen LogP contribution in [0.2, 0.25) is 0 Å². The zero-order valence-corrected chi connectivity index (χ0v) is 5.50. The van der Waals surface area contributed by atoms with Gasteiger partial charge in [-0.3, -0.25) is 4.79 Å². The van der Waals surface area contributed by atoms with Crippen LogP contribution in [0.25, 0.3) is 0 Å². The largest absolute Gasteiger partial charge is 0.383 e. The number of aliphatic hydroxyl groups excluding tert-OH is 1. The maximum absolute atomic E-state index is 10.8. The molecule has 0 radical (unpaired) electrons. The van der Waals surface area contributed by atoms with Crippen molar-refractivity contribution in [1.29, 1.82) is 0 Å². The topological polar surface area (TPSA) is 40.5 Å². The Balaban J connectivity index is 2.51. The van der Waals surface area contributed by atoms with Crippen LogP contribution in [0.5, 0.6) is 0 Å². The molecule has 1 fully saturated rings. The van der Waals surface area contributed by atoms with Crippen LogP contribution in [0.1, 0.15) is 13.3 Å². The molecule has 0 aromatic heterocycles. The Hall–Kier alpha value is -0.570. The number of hydrogen-bond donors (Lipinski definition) is 1. The number of hydrogen-bond acceptors (Lipinski definition) is 2. The van der Waals surface area contributed by atoms with Gasteiger partial charge >= 0.3 is 0 Å². The molecule has 1 aliphatic rings. The van der Waals surface area contributed by atoms with Gasteiger partial charge in [-0.15, -0.1) is 0 Å². The Morgan fingerprint density at radius 3 is 2.78 bits per heavy atom. The van der Waals surface area contributed by atoms with Gasteiger partial charge in [0, 0.05) is 13.1 Å². The van der Waals surface area contributed by atoms with E-state index in [9.17, 15) is 4.79 Å². The zero-order chi connectivity index (χ0) is 6.85. The summed E-state index contributed by atoms with van der Waals surface area (Å²) < 4.78 is 0. The third kappa shape index (κ3) is 1.05. The van der Waals surface area contributed by atoms with Crippen LogP contribution in [0.15, 0.2) is 0 Å². The summed E-state index contributed by atoms with van der Waals surface area (Å²) in [5, 5.41) is 8.91. The van der Waals surface area contributed by atoms with E-state index >= 15 is 0 Å². The summed E-state index contributed by atoms with van der Waals surface area (Å²) in [6, 6.07) is 0. The Morgan fingerprint density at radius 1 is 1.89 bits per heavy atom. The van der Waals surface area contributed by atoms with E-state index in [-0.39, 0.29) is 5.91 Å². The quantitative estimate of drug-likeness (QED) is 0.523. The number of likely N-dealkylation sites (N-methyl/N-ethyl adjacent to an activating group) is 1. The molecule has 1 N–H and O–H groups in total. The van der Waals surface area contributed by atoms with Crippen LogP contribution < -0.4 is 0 Å². The van der Waals surface area contributed by atoms with Gasteiger partial charge in [0.2, 0.25) is 0 Å². The standard InChI is InChI=1S/C6H11NO2/c1-2-7-4-3-5(8)6(7)9/h5,8H,2-4H2,1H3/t5-/m1/s1. The van der Waals surface area contributed by atoms with Crippen molar-refractivity contribution >= 4 is 5.91 Å². The normalized spacial score (nSPS) is 27.6. The number of amides is 1. The van der Waals surface area contributed by atoms with Gasteiger partial charge in [0.1, 0.15) is 6.10 Å². The van der Waals surface area contributed by atoms with Crippen LogP contribution in [0, 0.1) is 0 Å². The third-order valence-electron chi connectivity index (χ3n) is 1.65. The molecule has 1 rings (SSSR count). The predicted molar refractivity (Wildman–Crippen MR) is 32.9 cm³/mol. The lowest BCUT2D eigenvalue weighted by Gasteiger charge is -2.10. The fraction of sp³-hybridized carbons (Fsp3) is 0.833. The van der Waals surface area contributed by atoms with E-state index in [1.165, 1.54) is 0 Å². The van der Waals surface area contributed by atoms with E-state index in [0.29, 0.717) is 6.42 Å². The summed E-state index contributed by atoms with van der Waals surface area (Å²) in [7, 11) is 0. The first kappa shape index (κ1) is 6.55. The number of nitrogens with zero attached hydrogens (tertiary/aromatic N) is 1. The smallest absolute Gasteiger partial charge is 0.251 e. The van der Waals surface area contributed by atoms with Crippen molar-refractivity contribution in [2.75, 3.05) is 13.1 Å². The molecule has 0 saturated carbocycles. The lowest BCUT2D eigenvalue weighted by Crippen LogP contribution is -2.28. The number of carbonyl (C=O) groups is 1. The lowest BCUT2D eigenvalue weighted by molar-refractivity contribution is -0.134. The van der Waals surface area contributed by atoms with Gasteiger partial charge in [-0.1, -0.05) is 0 Å². The molecule has 0 bridgehead atoms. The van der Waals surface area contributed by atoms with E-state index in [0.717, 1.165) is 13.1 Å². The monoisotopic (exact) mass is 129 g/mol. The molecule has 3 nitrogen and oxygen atoms in total. The molecule has 1 amide bonds. The van der Waals surface area contributed by atoms with E-state index < -0.39 is 6.10 Å². The van der Waals surface area contributed by atoms with Gasteiger partial charge in [-0.05, 0) is 13.3 Å². The molecule has 1 heterocycles. The molecule has 1 aliphatic heterocycles. The Morgan fingerprint density at radius 2 is 2.56 bits per heavy atom. The van der Waals surface area contributed by atoms with Crippen LogP contribution in [0.4, 0.5) is 0 Å². The molecule has 3 heteroatoms. The first-order chi connectivity index (χ1) is 4.25. The molecule has 9 heavy (non-hydrogen) atoms. The van der Waals surface area contributed by atoms with E-state index in [1.807, 2.05) is 6.92 Å². The second-order valence-corrected chi connectivity index (χ2v) is 2.22. The second kappa shape index (κ2) is 2.35. The highest BCUT2D eigenvalue weighted by atomic mass is 16.3. The van der Waals surface area contributed by atoms with Gasteiger partial charge in [0.15, 0.2) is 0 Å². The minimum atomic E-state index is -0.718. The van der Waals surface area contributed by atoms with Crippen molar-refractivity contribution < 1.29 is 9.90 Å². The number of aliphatic hydroxyl groups is 1. The van der Waals surface area contributed by atoms with Gasteiger partial charge in [0.25, 0.3) is 5.91 Å². The highest BCUT2D eigenvalue weighted by molar-refractivity contribution is 5.82. The number of carbonyl (C=O) groups excluding carboxylic acids is 1. The maximum Gasteiger partial charge on any atom is 0.251 e. The minimum absolute atomic E-state index is 0.113. The molecular weight excluding hydrogens is 118 g/mol. The number of rotatable bonds is 1. The van der Waals surface area contributed by atoms with Crippen molar-refractivity contribution in [2.45, 2.75) is 19.4 Å². The van der Waals surface area contributed by atoms with Crippen LogP contribution >= 0.6 is 0 Å². The lowest BCUT2D eigenvalue weighted by atomic mass is 10.3. The molecule has 1 saturated heterocycles. The summed E-state index contributed by atoms with van der Waals surface area (Å²) >= 11 is 0. The molecule has 52 valence electrons.